The highest BCUT2D eigenvalue weighted by molar-refractivity contribution is 5.36. The van der Waals surface area contributed by atoms with Crippen LogP contribution in [0, 0.1) is 56.2 Å². The van der Waals surface area contributed by atoms with Crippen LogP contribution < -0.4 is 0 Å². The molecule has 0 amide bonds. The van der Waals surface area contributed by atoms with Crippen molar-refractivity contribution in [2.75, 3.05) is 19.8 Å². The van der Waals surface area contributed by atoms with Gasteiger partial charge in [0.05, 0.1) is 37.6 Å². The maximum atomic E-state index is 12.3. The van der Waals surface area contributed by atoms with Gasteiger partial charge in [0.1, 0.15) is 67.1 Å². The van der Waals surface area contributed by atoms with Crippen molar-refractivity contribution < 1.29 is 84.6 Å². The number of hydrogen-bond acceptors (Lipinski definition) is 17. The molecule has 11 N–H and O–H groups in total. The Bertz CT molecular complexity index is 1820. The van der Waals surface area contributed by atoms with Gasteiger partial charge in [0, 0.05) is 22.7 Å². The Kier molecular flexibility index (Phi) is 12.1. The molecular weight excluding hydrogens is 849 g/mol. The lowest BCUT2D eigenvalue weighted by atomic mass is 9.31. The van der Waals surface area contributed by atoms with Gasteiger partial charge in [0.15, 0.2) is 12.6 Å². The lowest BCUT2D eigenvalue weighted by molar-refractivity contribution is -0.464. The third-order valence-corrected chi connectivity index (χ3v) is 20.3. The number of hydrogen-bond donors (Lipinski definition) is 11. The van der Waals surface area contributed by atoms with E-state index in [9.17, 15) is 56.2 Å². The predicted octanol–water partition coefficient (Wildman–Crippen LogP) is 0.222. The van der Waals surface area contributed by atoms with Gasteiger partial charge in [0.2, 0.25) is 5.79 Å². The molecule has 0 aromatic heterocycles. The second-order valence-corrected chi connectivity index (χ2v) is 24.1. The van der Waals surface area contributed by atoms with Crippen molar-refractivity contribution in [3.8, 4) is 0 Å². The van der Waals surface area contributed by atoms with E-state index < -0.39 is 133 Å². The van der Waals surface area contributed by atoms with Crippen molar-refractivity contribution in [2.24, 2.45) is 56.2 Å². The van der Waals surface area contributed by atoms with Gasteiger partial charge in [-0.2, -0.15) is 0 Å². The number of allylic oxidation sites excluding steroid dienone is 1. The smallest absolute Gasteiger partial charge is 0.204 e. The van der Waals surface area contributed by atoms with Crippen LogP contribution >= 0.6 is 0 Å². The van der Waals surface area contributed by atoms with E-state index in [-0.39, 0.29) is 39.4 Å². The summed E-state index contributed by atoms with van der Waals surface area (Å²) in [5.41, 5.74) is -2.68. The molecule has 25 atom stereocenters. The summed E-state index contributed by atoms with van der Waals surface area (Å²) < 4.78 is 39.0. The number of ether oxygens (including phenoxy) is 6. The Balaban J connectivity index is 1.14. The molecule has 2 bridgehead atoms. The van der Waals surface area contributed by atoms with E-state index in [4.69, 9.17) is 28.4 Å². The Morgan fingerprint density at radius 2 is 1.26 bits per heavy atom. The van der Waals surface area contributed by atoms with Crippen LogP contribution in [0.3, 0.4) is 0 Å². The average molecular weight is 927 g/mol. The third kappa shape index (κ3) is 6.58. The zero-order valence-corrected chi connectivity index (χ0v) is 39.3. The Morgan fingerprint density at radius 1 is 0.631 bits per heavy atom. The molecule has 4 saturated carbocycles. The Morgan fingerprint density at radius 3 is 1.94 bits per heavy atom. The maximum absolute atomic E-state index is 12.3. The molecule has 8 fully saturated rings. The summed E-state index contributed by atoms with van der Waals surface area (Å²) in [6.07, 6.45) is -13.5. The predicted molar refractivity (Wildman–Crippen MR) is 228 cm³/mol. The van der Waals surface area contributed by atoms with E-state index in [0.29, 0.717) is 32.3 Å². The molecule has 25 unspecified atom stereocenters. The molecule has 4 aliphatic heterocycles. The minimum Gasteiger partial charge on any atom is -0.394 e. The summed E-state index contributed by atoms with van der Waals surface area (Å²) >= 11 is 0. The van der Waals surface area contributed by atoms with Crippen LogP contribution in [0.15, 0.2) is 12.2 Å². The zero-order chi connectivity index (χ0) is 47.4. The molecule has 0 aromatic rings. The topological polar surface area (TPSA) is 278 Å². The monoisotopic (exact) mass is 927 g/mol. The van der Waals surface area contributed by atoms with Gasteiger partial charge in [-0.3, -0.25) is 0 Å². The number of rotatable bonds is 7. The van der Waals surface area contributed by atoms with Crippen LogP contribution in [0.5, 0.6) is 0 Å². The molecule has 372 valence electrons. The fraction of sp³-hybridized carbons (Fsp3) is 0.958. The maximum Gasteiger partial charge on any atom is 0.204 e. The van der Waals surface area contributed by atoms with Crippen molar-refractivity contribution in [1.29, 1.82) is 0 Å². The SMILES string of the molecule is CC1OC(OC2C(O)C(O)C(CO)OC2(OC2OC(CO)C(O)C(O)C2O)C2CCC3(C)C(CCC4(C)C3C=CC35OCC6(CCC(C)(C)CC63)C(O)CC45C)C2(C)C)C(O)C(O)C1O. The van der Waals surface area contributed by atoms with Crippen LogP contribution in [-0.4, -0.2) is 179 Å². The molecule has 9 rings (SSSR count). The summed E-state index contributed by atoms with van der Waals surface area (Å²) in [6, 6.07) is 0. The van der Waals surface area contributed by atoms with E-state index in [2.05, 4.69) is 60.6 Å². The second kappa shape index (κ2) is 16.0. The van der Waals surface area contributed by atoms with Crippen molar-refractivity contribution in [3.63, 3.8) is 0 Å². The first-order valence-corrected chi connectivity index (χ1v) is 24.3. The second-order valence-electron chi connectivity index (χ2n) is 24.1. The van der Waals surface area contributed by atoms with Crippen LogP contribution in [0.2, 0.25) is 0 Å². The first-order valence-electron chi connectivity index (χ1n) is 24.3. The first kappa shape index (κ1) is 49.1. The van der Waals surface area contributed by atoms with Gasteiger partial charge in [-0.1, -0.05) is 60.6 Å². The van der Waals surface area contributed by atoms with E-state index >= 15 is 0 Å². The quantitative estimate of drug-likeness (QED) is 0.153. The molecular formula is C48H78O17. The summed E-state index contributed by atoms with van der Waals surface area (Å²) in [7, 11) is 0. The summed E-state index contributed by atoms with van der Waals surface area (Å²) in [6.45, 7) is 16.3. The molecule has 17 nitrogen and oxygen atoms in total. The van der Waals surface area contributed by atoms with Crippen LogP contribution in [0.25, 0.3) is 0 Å². The van der Waals surface area contributed by atoms with Crippen LogP contribution in [0.4, 0.5) is 0 Å². The Labute approximate surface area is 382 Å². The number of aliphatic hydroxyl groups is 11. The van der Waals surface area contributed by atoms with E-state index in [1.165, 1.54) is 6.92 Å². The van der Waals surface area contributed by atoms with Crippen LogP contribution in [-0.2, 0) is 28.4 Å². The highest BCUT2D eigenvalue weighted by Gasteiger charge is 2.80. The summed E-state index contributed by atoms with van der Waals surface area (Å²) in [4.78, 5) is 0. The first-order chi connectivity index (χ1) is 30.3. The minimum absolute atomic E-state index is 0.0181. The molecule has 0 radical (unpaired) electrons. The molecule has 0 aromatic carbocycles. The summed E-state index contributed by atoms with van der Waals surface area (Å²) in [5.74, 6) is -3.07. The molecule has 9 aliphatic rings. The van der Waals surface area contributed by atoms with E-state index in [1.807, 2.05) is 0 Å². The van der Waals surface area contributed by atoms with Crippen LogP contribution in [0.1, 0.15) is 107 Å². The standard InChI is InChI=1S/C48H78O17/c1-22-30(52)33(55)36(58)39(61-22)63-38-35(57)32(54)24(20-50)64-48(38,65-40-37(59)34(56)31(53)23(19-49)62-40)26-9-12-43(6)25(42(26,4)5)10-13-44(7)27(43)11-14-47-28-17-41(2,3)15-16-46(28,21-60-47)29(51)18-45(44,47)8/h11,14,22-40,49-59H,9-10,12-13,15-21H2,1-8H3. The number of aliphatic hydroxyl groups excluding tert-OH is 11. The van der Waals surface area contributed by atoms with Gasteiger partial charge in [-0.25, -0.2) is 0 Å². The van der Waals surface area contributed by atoms with Crippen molar-refractivity contribution in [1.82, 2.24) is 0 Å². The lowest BCUT2D eigenvalue weighted by Crippen LogP contribution is -2.76. The van der Waals surface area contributed by atoms with E-state index in [0.717, 1.165) is 25.7 Å². The minimum atomic E-state index is -2.31. The largest absolute Gasteiger partial charge is 0.394 e. The normalized spacial score (nSPS) is 59.2. The van der Waals surface area contributed by atoms with Gasteiger partial charge in [-0.05, 0) is 91.8 Å². The molecule has 1 spiro atoms. The van der Waals surface area contributed by atoms with E-state index in [1.54, 1.807) is 0 Å². The van der Waals surface area contributed by atoms with Gasteiger partial charge >= 0.3 is 0 Å². The highest BCUT2D eigenvalue weighted by atomic mass is 16.8. The third-order valence-electron chi connectivity index (χ3n) is 20.3. The van der Waals surface area contributed by atoms with Crippen molar-refractivity contribution in [2.45, 2.75) is 210 Å². The number of fused-ring (bicyclic) bond motifs is 4. The van der Waals surface area contributed by atoms with Crippen molar-refractivity contribution >= 4 is 0 Å². The molecule has 65 heavy (non-hydrogen) atoms. The Hall–Kier alpha value is -0.940. The molecule has 17 heteroatoms. The van der Waals surface area contributed by atoms with Crippen molar-refractivity contribution in [3.05, 3.63) is 12.2 Å². The lowest BCUT2D eigenvalue weighted by Gasteiger charge is -2.74. The molecule has 4 heterocycles. The fourth-order valence-corrected chi connectivity index (χ4v) is 16.4. The fourth-order valence-electron chi connectivity index (χ4n) is 16.4. The summed E-state index contributed by atoms with van der Waals surface area (Å²) in [5, 5.41) is 123. The highest BCUT2D eigenvalue weighted by Crippen LogP contribution is 2.79. The average Bonchev–Trinajstić information content (AvgIpc) is 3.52. The van der Waals surface area contributed by atoms with Gasteiger partial charge < -0.3 is 84.6 Å². The van der Waals surface area contributed by atoms with Gasteiger partial charge in [-0.15, -0.1) is 0 Å². The van der Waals surface area contributed by atoms with Gasteiger partial charge in [0.25, 0.3) is 0 Å². The molecule has 4 saturated heterocycles. The zero-order valence-electron chi connectivity index (χ0n) is 39.3. The molecule has 5 aliphatic carbocycles.